The lowest BCUT2D eigenvalue weighted by atomic mass is 10.0. The Hall–Kier alpha value is -1.55. The van der Waals surface area contributed by atoms with Crippen LogP contribution >= 0.6 is 0 Å². The van der Waals surface area contributed by atoms with E-state index in [0.717, 1.165) is 25.6 Å². The molecule has 2 rings (SSSR count). The van der Waals surface area contributed by atoms with Crippen molar-refractivity contribution in [3.63, 3.8) is 0 Å². The van der Waals surface area contributed by atoms with Crippen molar-refractivity contribution in [2.45, 2.75) is 13.0 Å². The van der Waals surface area contributed by atoms with E-state index in [-0.39, 0.29) is 0 Å². The predicted octanol–water partition coefficient (Wildman–Crippen LogP) is 1.49. The fraction of sp³-hybridized carbons (Fsp3) is 0.533. The van der Waals surface area contributed by atoms with Gasteiger partial charge in [0.25, 0.3) is 0 Å². The summed E-state index contributed by atoms with van der Waals surface area (Å²) in [6.45, 7) is 4.91. The van der Waals surface area contributed by atoms with Crippen molar-refractivity contribution in [2.24, 2.45) is 4.99 Å². The van der Waals surface area contributed by atoms with Gasteiger partial charge in [0.2, 0.25) is 0 Å². The van der Waals surface area contributed by atoms with Crippen LogP contribution in [0.4, 0.5) is 0 Å². The summed E-state index contributed by atoms with van der Waals surface area (Å²) in [6, 6.07) is 9.12. The Morgan fingerprint density at radius 1 is 1.32 bits per heavy atom. The molecule has 4 heteroatoms. The molecule has 0 saturated carbocycles. The van der Waals surface area contributed by atoms with Crippen LogP contribution in [0.1, 0.15) is 17.2 Å². The van der Waals surface area contributed by atoms with Crippen LogP contribution in [0.15, 0.2) is 29.3 Å². The van der Waals surface area contributed by atoms with Crippen molar-refractivity contribution in [1.82, 2.24) is 15.1 Å². The smallest absolute Gasteiger partial charge is 0.193 e. The van der Waals surface area contributed by atoms with Gasteiger partial charge in [-0.15, -0.1) is 0 Å². The van der Waals surface area contributed by atoms with Crippen molar-refractivity contribution in [3.8, 4) is 0 Å². The molecular weight excluding hydrogens is 236 g/mol. The van der Waals surface area contributed by atoms with Gasteiger partial charge in [-0.2, -0.15) is 0 Å². The first-order valence-corrected chi connectivity index (χ1v) is 6.80. The molecule has 0 radical (unpaired) electrons. The number of nitrogens with zero attached hydrogens (tertiary/aromatic N) is 3. The highest BCUT2D eigenvalue weighted by Crippen LogP contribution is 2.18. The van der Waals surface area contributed by atoms with Crippen molar-refractivity contribution < 1.29 is 0 Å². The van der Waals surface area contributed by atoms with E-state index in [2.05, 4.69) is 72.4 Å². The Bertz CT molecular complexity index is 436. The highest BCUT2D eigenvalue weighted by atomic mass is 15.3. The molecule has 0 aliphatic carbocycles. The monoisotopic (exact) mass is 260 g/mol. The zero-order valence-corrected chi connectivity index (χ0v) is 12.3. The van der Waals surface area contributed by atoms with Crippen molar-refractivity contribution in [1.29, 1.82) is 0 Å². The standard InChI is InChI=1S/C15H24N4/c1-12-5-7-13(8-6-12)14(18(2)3)11-17-15-16-9-10-19(15)4/h5-8,14H,9-11H2,1-4H3,(H,16,17). The lowest BCUT2D eigenvalue weighted by Crippen LogP contribution is -2.40. The molecule has 104 valence electrons. The van der Waals surface area contributed by atoms with Gasteiger partial charge in [-0.25, -0.2) is 0 Å². The summed E-state index contributed by atoms with van der Waals surface area (Å²) in [7, 11) is 6.31. The molecule has 19 heavy (non-hydrogen) atoms. The molecule has 1 aliphatic rings. The normalized spacial score (nSPS) is 16.7. The predicted molar refractivity (Wildman–Crippen MR) is 80.5 cm³/mol. The van der Waals surface area contributed by atoms with Gasteiger partial charge < -0.3 is 15.1 Å². The van der Waals surface area contributed by atoms with E-state index in [9.17, 15) is 0 Å². The first-order valence-electron chi connectivity index (χ1n) is 6.80. The van der Waals surface area contributed by atoms with Crippen LogP contribution in [0.2, 0.25) is 0 Å². The maximum Gasteiger partial charge on any atom is 0.193 e. The zero-order valence-electron chi connectivity index (χ0n) is 12.3. The summed E-state index contributed by atoms with van der Waals surface area (Å²) in [5.74, 6) is 1.01. The third kappa shape index (κ3) is 3.47. The van der Waals surface area contributed by atoms with E-state index in [1.54, 1.807) is 0 Å². The number of hydrogen-bond acceptors (Lipinski definition) is 4. The van der Waals surface area contributed by atoms with E-state index in [1.165, 1.54) is 11.1 Å². The molecule has 1 aromatic carbocycles. The fourth-order valence-corrected chi connectivity index (χ4v) is 2.30. The zero-order chi connectivity index (χ0) is 13.8. The van der Waals surface area contributed by atoms with Crippen LogP contribution in [0, 0.1) is 6.92 Å². The van der Waals surface area contributed by atoms with Crippen LogP contribution in [0.25, 0.3) is 0 Å². The first-order chi connectivity index (χ1) is 9.08. The quantitative estimate of drug-likeness (QED) is 0.890. The van der Waals surface area contributed by atoms with E-state index in [0.29, 0.717) is 6.04 Å². The van der Waals surface area contributed by atoms with Gasteiger partial charge in [0, 0.05) is 20.1 Å². The molecule has 0 aromatic heterocycles. The molecule has 4 nitrogen and oxygen atoms in total. The lowest BCUT2D eigenvalue weighted by Gasteiger charge is -2.26. The number of aliphatic imine (C=N–C) groups is 1. The Morgan fingerprint density at radius 2 is 2.00 bits per heavy atom. The van der Waals surface area contributed by atoms with Crippen molar-refractivity contribution in [3.05, 3.63) is 35.4 Å². The maximum atomic E-state index is 4.47. The average molecular weight is 260 g/mol. The summed E-state index contributed by atoms with van der Waals surface area (Å²) < 4.78 is 0. The number of benzene rings is 1. The van der Waals surface area contributed by atoms with Gasteiger partial charge in [0.05, 0.1) is 12.6 Å². The number of nitrogens with one attached hydrogen (secondary N) is 1. The van der Waals surface area contributed by atoms with E-state index < -0.39 is 0 Å². The number of guanidine groups is 1. The molecule has 0 bridgehead atoms. The first kappa shape index (κ1) is 13.9. The topological polar surface area (TPSA) is 30.9 Å². The van der Waals surface area contributed by atoms with E-state index in [4.69, 9.17) is 0 Å². The second-order valence-corrected chi connectivity index (χ2v) is 5.40. The molecule has 1 aromatic rings. The van der Waals surface area contributed by atoms with Gasteiger partial charge in [-0.05, 0) is 26.6 Å². The molecule has 0 saturated heterocycles. The maximum absolute atomic E-state index is 4.47. The second-order valence-electron chi connectivity index (χ2n) is 5.40. The number of hydrogen-bond donors (Lipinski definition) is 1. The third-order valence-electron chi connectivity index (χ3n) is 3.60. The summed E-state index contributed by atoms with van der Waals surface area (Å²) >= 11 is 0. The highest BCUT2D eigenvalue weighted by molar-refractivity contribution is 5.81. The van der Waals surface area contributed by atoms with Crippen LogP contribution in [0.5, 0.6) is 0 Å². The molecular formula is C15H24N4. The largest absolute Gasteiger partial charge is 0.354 e. The summed E-state index contributed by atoms with van der Waals surface area (Å²) in [5, 5.41) is 3.46. The molecule has 1 unspecified atom stereocenters. The second kappa shape index (κ2) is 6.06. The van der Waals surface area contributed by atoms with E-state index in [1.807, 2.05) is 0 Å². The minimum Gasteiger partial charge on any atom is -0.354 e. The van der Waals surface area contributed by atoms with Crippen LogP contribution in [-0.4, -0.2) is 56.5 Å². The van der Waals surface area contributed by atoms with Crippen molar-refractivity contribution >= 4 is 5.96 Å². The summed E-state index contributed by atoms with van der Waals surface area (Å²) in [6.07, 6.45) is 0. The minimum atomic E-state index is 0.359. The Morgan fingerprint density at radius 3 is 2.53 bits per heavy atom. The lowest BCUT2D eigenvalue weighted by molar-refractivity contribution is 0.296. The summed E-state index contributed by atoms with van der Waals surface area (Å²) in [4.78, 5) is 8.88. The van der Waals surface area contributed by atoms with Crippen LogP contribution in [0.3, 0.4) is 0 Å². The van der Waals surface area contributed by atoms with Crippen molar-refractivity contribution in [2.75, 3.05) is 40.8 Å². The molecule has 0 amide bonds. The number of aryl methyl sites for hydroxylation is 1. The van der Waals surface area contributed by atoms with Gasteiger partial charge in [0.1, 0.15) is 0 Å². The minimum absolute atomic E-state index is 0.359. The van der Waals surface area contributed by atoms with Crippen LogP contribution in [-0.2, 0) is 0 Å². The molecule has 1 aliphatic heterocycles. The van der Waals surface area contributed by atoms with Gasteiger partial charge >= 0.3 is 0 Å². The van der Waals surface area contributed by atoms with Gasteiger partial charge in [-0.1, -0.05) is 29.8 Å². The Kier molecular flexibility index (Phi) is 4.43. The molecule has 0 fully saturated rings. The average Bonchev–Trinajstić information content (AvgIpc) is 2.77. The Labute approximate surface area is 116 Å². The molecule has 1 heterocycles. The third-order valence-corrected chi connectivity index (χ3v) is 3.60. The van der Waals surface area contributed by atoms with Crippen LogP contribution < -0.4 is 5.32 Å². The highest BCUT2D eigenvalue weighted by Gasteiger charge is 2.17. The SMILES string of the molecule is Cc1ccc(C(CNC2=NCCN2C)N(C)C)cc1. The number of likely N-dealkylation sites (N-methyl/N-ethyl adjacent to an activating group) is 2. The van der Waals surface area contributed by atoms with Gasteiger partial charge in [0.15, 0.2) is 5.96 Å². The fourth-order valence-electron chi connectivity index (χ4n) is 2.30. The number of rotatable bonds is 4. The Balaban J connectivity index is 2.02. The van der Waals surface area contributed by atoms with E-state index >= 15 is 0 Å². The molecule has 1 atom stereocenters. The molecule has 1 N–H and O–H groups in total. The van der Waals surface area contributed by atoms with Gasteiger partial charge in [-0.3, -0.25) is 4.99 Å². The summed E-state index contributed by atoms with van der Waals surface area (Å²) in [5.41, 5.74) is 2.64. The molecule has 0 spiro atoms.